The molecule has 0 N–H and O–H groups in total. The SMILES string of the molecule is CC1CCC2(C)C(CCC3C2CCC2(C)C(C(C)COC4C=C4)CCC32)C1. The number of rotatable bonds is 4. The van der Waals surface area contributed by atoms with E-state index in [9.17, 15) is 0 Å². The van der Waals surface area contributed by atoms with Crippen LogP contribution in [0.4, 0.5) is 0 Å². The molecule has 0 saturated heterocycles. The van der Waals surface area contributed by atoms with Crippen molar-refractivity contribution in [2.45, 2.75) is 91.6 Å². The molecule has 0 spiro atoms. The quantitative estimate of drug-likeness (QED) is 0.490. The third kappa shape index (κ3) is 2.97. The first-order valence-electron chi connectivity index (χ1n) is 12.2. The van der Waals surface area contributed by atoms with Gasteiger partial charge in [-0.1, -0.05) is 46.3 Å². The molecule has 0 amide bonds. The van der Waals surface area contributed by atoms with E-state index in [-0.39, 0.29) is 0 Å². The lowest BCUT2D eigenvalue weighted by molar-refractivity contribution is -0.122. The highest BCUT2D eigenvalue weighted by atomic mass is 16.5. The van der Waals surface area contributed by atoms with Crippen LogP contribution in [0.3, 0.4) is 0 Å². The van der Waals surface area contributed by atoms with Gasteiger partial charge in [-0.3, -0.25) is 0 Å². The van der Waals surface area contributed by atoms with Gasteiger partial charge in [-0.25, -0.2) is 0 Å². The van der Waals surface area contributed by atoms with E-state index in [2.05, 4.69) is 39.8 Å². The van der Waals surface area contributed by atoms with Gasteiger partial charge in [-0.15, -0.1) is 0 Å². The van der Waals surface area contributed by atoms with E-state index < -0.39 is 0 Å². The summed E-state index contributed by atoms with van der Waals surface area (Å²) in [5.74, 6) is 6.68. The zero-order chi connectivity index (χ0) is 18.8. The predicted molar refractivity (Wildman–Crippen MR) is 112 cm³/mol. The van der Waals surface area contributed by atoms with E-state index in [0.717, 1.165) is 48.0 Å². The molecule has 0 bridgehead atoms. The Hall–Kier alpha value is -0.300. The Morgan fingerprint density at radius 1 is 0.926 bits per heavy atom. The second-order valence-electron chi connectivity index (χ2n) is 11.9. The van der Waals surface area contributed by atoms with Crippen LogP contribution in [0.15, 0.2) is 12.2 Å². The molecule has 9 atom stereocenters. The first-order valence-corrected chi connectivity index (χ1v) is 12.2. The molecule has 1 heteroatoms. The normalized spacial score (nSPS) is 52.7. The number of hydrogen-bond donors (Lipinski definition) is 0. The van der Waals surface area contributed by atoms with Crippen LogP contribution in [0.25, 0.3) is 0 Å². The van der Waals surface area contributed by atoms with Gasteiger partial charge >= 0.3 is 0 Å². The second-order valence-corrected chi connectivity index (χ2v) is 11.9. The van der Waals surface area contributed by atoms with Crippen molar-refractivity contribution in [2.75, 3.05) is 6.61 Å². The fourth-order valence-electron chi connectivity index (χ4n) is 8.98. The highest BCUT2D eigenvalue weighted by Crippen LogP contribution is 2.68. The zero-order valence-electron chi connectivity index (χ0n) is 18.3. The summed E-state index contributed by atoms with van der Waals surface area (Å²) >= 11 is 0. The maximum atomic E-state index is 6.04. The summed E-state index contributed by atoms with van der Waals surface area (Å²) in [6.07, 6.45) is 18.3. The minimum atomic E-state index is 0.372. The lowest BCUT2D eigenvalue weighted by Crippen LogP contribution is -2.53. The first-order chi connectivity index (χ1) is 12.9. The van der Waals surface area contributed by atoms with Gasteiger partial charge in [-0.2, -0.15) is 0 Å². The van der Waals surface area contributed by atoms with Crippen LogP contribution < -0.4 is 0 Å². The molecular formula is C26H42O. The topological polar surface area (TPSA) is 9.23 Å². The van der Waals surface area contributed by atoms with Gasteiger partial charge in [-0.05, 0) is 104 Å². The summed E-state index contributed by atoms with van der Waals surface area (Å²) < 4.78 is 6.04. The lowest BCUT2D eigenvalue weighted by atomic mass is 9.44. The van der Waals surface area contributed by atoms with Gasteiger partial charge in [0.25, 0.3) is 0 Å². The highest BCUT2D eigenvalue weighted by molar-refractivity contribution is 5.16. The molecule has 152 valence electrons. The molecule has 0 radical (unpaired) electrons. The van der Waals surface area contributed by atoms with Crippen molar-refractivity contribution in [2.24, 2.45) is 52.3 Å². The third-order valence-electron chi connectivity index (χ3n) is 10.6. The van der Waals surface area contributed by atoms with Crippen molar-refractivity contribution in [1.29, 1.82) is 0 Å². The molecule has 4 saturated carbocycles. The van der Waals surface area contributed by atoms with Gasteiger partial charge in [0.2, 0.25) is 0 Å². The molecule has 1 nitrogen and oxygen atoms in total. The standard InChI is InChI=1S/C26H42O/c1-17-11-13-25(3)19(15-17)5-8-21-23-10-9-22(18(2)16-27-20-6-7-20)26(23,4)14-12-24(21)25/h6-7,17-24H,5,8-16H2,1-4H3. The maximum Gasteiger partial charge on any atom is 0.0939 e. The van der Waals surface area contributed by atoms with Crippen molar-refractivity contribution < 1.29 is 4.74 Å². The summed E-state index contributed by atoms with van der Waals surface area (Å²) in [6, 6.07) is 0. The van der Waals surface area contributed by atoms with Gasteiger partial charge in [0.1, 0.15) is 0 Å². The van der Waals surface area contributed by atoms with Crippen LogP contribution in [-0.2, 0) is 4.74 Å². The average Bonchev–Trinajstić information content (AvgIpc) is 3.40. The van der Waals surface area contributed by atoms with E-state index in [0.29, 0.717) is 16.9 Å². The van der Waals surface area contributed by atoms with Crippen LogP contribution in [0, 0.1) is 52.3 Å². The maximum absolute atomic E-state index is 6.04. The van der Waals surface area contributed by atoms with Gasteiger partial charge < -0.3 is 4.74 Å². The number of ether oxygens (including phenoxy) is 1. The van der Waals surface area contributed by atoms with Crippen LogP contribution in [-0.4, -0.2) is 12.7 Å². The number of fused-ring (bicyclic) bond motifs is 5. The summed E-state index contributed by atoms with van der Waals surface area (Å²) in [6.45, 7) is 11.4. The molecule has 9 unspecified atom stereocenters. The number of hydrogen-bond acceptors (Lipinski definition) is 1. The van der Waals surface area contributed by atoms with Crippen molar-refractivity contribution in [3.63, 3.8) is 0 Å². The Bertz CT molecular complexity index is 589. The van der Waals surface area contributed by atoms with E-state index in [4.69, 9.17) is 4.74 Å². The lowest BCUT2D eigenvalue weighted by Gasteiger charge is -2.61. The zero-order valence-corrected chi connectivity index (χ0v) is 18.3. The molecular weight excluding hydrogens is 328 g/mol. The van der Waals surface area contributed by atoms with Gasteiger partial charge in [0.15, 0.2) is 0 Å². The Morgan fingerprint density at radius 3 is 2.44 bits per heavy atom. The van der Waals surface area contributed by atoms with Gasteiger partial charge in [0, 0.05) is 0 Å². The second kappa shape index (κ2) is 6.61. The molecule has 5 aliphatic rings. The smallest absolute Gasteiger partial charge is 0.0939 e. The first kappa shape index (κ1) is 18.7. The highest BCUT2D eigenvalue weighted by Gasteiger charge is 2.60. The fraction of sp³-hybridized carbons (Fsp3) is 0.923. The monoisotopic (exact) mass is 370 g/mol. The van der Waals surface area contributed by atoms with Crippen molar-refractivity contribution >= 4 is 0 Å². The molecule has 5 rings (SSSR count). The molecule has 0 aromatic heterocycles. The Balaban J connectivity index is 1.32. The van der Waals surface area contributed by atoms with Crippen molar-refractivity contribution in [1.82, 2.24) is 0 Å². The summed E-state index contributed by atoms with van der Waals surface area (Å²) in [7, 11) is 0. The van der Waals surface area contributed by atoms with Gasteiger partial charge in [0.05, 0.1) is 12.7 Å². The van der Waals surface area contributed by atoms with Crippen molar-refractivity contribution in [3.05, 3.63) is 12.2 Å². The average molecular weight is 371 g/mol. The minimum absolute atomic E-state index is 0.372. The largest absolute Gasteiger partial charge is 0.370 e. The minimum Gasteiger partial charge on any atom is -0.370 e. The summed E-state index contributed by atoms with van der Waals surface area (Å²) in [5, 5.41) is 0. The fourth-order valence-corrected chi connectivity index (χ4v) is 8.98. The molecule has 4 fully saturated rings. The van der Waals surface area contributed by atoms with Crippen LogP contribution >= 0.6 is 0 Å². The Kier molecular flexibility index (Phi) is 4.58. The van der Waals surface area contributed by atoms with Crippen LogP contribution in [0.1, 0.15) is 85.5 Å². The molecule has 0 aromatic rings. The molecule has 0 aliphatic heterocycles. The summed E-state index contributed by atoms with van der Waals surface area (Å²) in [5.41, 5.74) is 1.26. The molecule has 5 aliphatic carbocycles. The molecule has 0 aromatic carbocycles. The van der Waals surface area contributed by atoms with E-state index in [1.807, 2.05) is 0 Å². The predicted octanol–water partition coefficient (Wildman–Crippen LogP) is 6.87. The van der Waals surface area contributed by atoms with E-state index in [1.165, 1.54) is 51.4 Å². The Morgan fingerprint density at radius 2 is 1.67 bits per heavy atom. The van der Waals surface area contributed by atoms with E-state index in [1.54, 1.807) is 6.42 Å². The molecule has 0 heterocycles. The van der Waals surface area contributed by atoms with E-state index >= 15 is 0 Å². The van der Waals surface area contributed by atoms with Crippen LogP contribution in [0.5, 0.6) is 0 Å². The third-order valence-corrected chi connectivity index (χ3v) is 10.6. The summed E-state index contributed by atoms with van der Waals surface area (Å²) in [4.78, 5) is 0. The Labute approximate surface area is 167 Å². The van der Waals surface area contributed by atoms with Crippen LogP contribution in [0.2, 0.25) is 0 Å². The van der Waals surface area contributed by atoms with Crippen molar-refractivity contribution in [3.8, 4) is 0 Å². The molecule has 27 heavy (non-hydrogen) atoms.